The van der Waals surface area contributed by atoms with Gasteiger partial charge >= 0.3 is 6.18 Å². The number of carbonyl (C=O) groups is 1. The molecule has 21 heavy (non-hydrogen) atoms. The molecule has 1 aliphatic heterocycles. The molecule has 1 amide bonds. The molecule has 1 rings (SSSR count). The Hall–Kier alpha value is -0.820. The SMILES string of the molecule is CCC(CC)NC(=O)CN(CC(F)(F)F)C1CCNCC1. The maximum atomic E-state index is 12.7. The fourth-order valence-electron chi connectivity index (χ4n) is 2.67. The summed E-state index contributed by atoms with van der Waals surface area (Å²) >= 11 is 0. The van der Waals surface area contributed by atoms with Crippen molar-refractivity contribution in [2.75, 3.05) is 26.2 Å². The van der Waals surface area contributed by atoms with Crippen LogP contribution in [0.25, 0.3) is 0 Å². The van der Waals surface area contributed by atoms with Crippen molar-refractivity contribution in [3.05, 3.63) is 0 Å². The number of nitrogens with zero attached hydrogens (tertiary/aromatic N) is 1. The molecule has 0 aliphatic carbocycles. The van der Waals surface area contributed by atoms with Gasteiger partial charge in [-0.3, -0.25) is 9.69 Å². The molecule has 2 N–H and O–H groups in total. The molecule has 0 aromatic heterocycles. The van der Waals surface area contributed by atoms with Crippen LogP contribution < -0.4 is 10.6 Å². The molecule has 0 radical (unpaired) electrons. The lowest BCUT2D eigenvalue weighted by Crippen LogP contribution is -2.51. The predicted octanol–water partition coefficient (Wildman–Crippen LogP) is 1.91. The summed E-state index contributed by atoms with van der Waals surface area (Å²) in [6.45, 7) is 4.11. The number of piperidine rings is 1. The zero-order valence-corrected chi connectivity index (χ0v) is 12.8. The summed E-state index contributed by atoms with van der Waals surface area (Å²) in [6.07, 6.45) is -1.41. The highest BCUT2D eigenvalue weighted by Gasteiger charge is 2.35. The van der Waals surface area contributed by atoms with E-state index in [9.17, 15) is 18.0 Å². The zero-order valence-electron chi connectivity index (χ0n) is 12.8. The van der Waals surface area contributed by atoms with Crippen molar-refractivity contribution in [2.24, 2.45) is 0 Å². The Morgan fingerprint density at radius 1 is 1.29 bits per heavy atom. The third-order valence-electron chi connectivity index (χ3n) is 3.90. The molecule has 124 valence electrons. The summed E-state index contributed by atoms with van der Waals surface area (Å²) in [5.74, 6) is -0.313. The third-order valence-corrected chi connectivity index (χ3v) is 3.90. The number of amides is 1. The van der Waals surface area contributed by atoms with Crippen molar-refractivity contribution in [2.45, 2.75) is 57.8 Å². The highest BCUT2D eigenvalue weighted by molar-refractivity contribution is 5.78. The minimum atomic E-state index is -4.28. The largest absolute Gasteiger partial charge is 0.401 e. The topological polar surface area (TPSA) is 44.4 Å². The molecule has 0 aromatic rings. The average Bonchev–Trinajstić information content (AvgIpc) is 2.43. The molecule has 1 fully saturated rings. The quantitative estimate of drug-likeness (QED) is 0.755. The van der Waals surface area contributed by atoms with E-state index >= 15 is 0 Å². The predicted molar refractivity (Wildman–Crippen MR) is 76.0 cm³/mol. The fraction of sp³-hybridized carbons (Fsp3) is 0.929. The number of alkyl halides is 3. The van der Waals surface area contributed by atoms with E-state index in [0.29, 0.717) is 25.9 Å². The van der Waals surface area contributed by atoms with Gasteiger partial charge in [-0.1, -0.05) is 13.8 Å². The van der Waals surface area contributed by atoms with Gasteiger partial charge in [0.1, 0.15) is 0 Å². The minimum Gasteiger partial charge on any atom is -0.352 e. The van der Waals surface area contributed by atoms with Crippen molar-refractivity contribution in [1.82, 2.24) is 15.5 Å². The van der Waals surface area contributed by atoms with Gasteiger partial charge in [-0.15, -0.1) is 0 Å². The summed E-state index contributed by atoms with van der Waals surface area (Å²) in [6, 6.07) is -0.140. The van der Waals surface area contributed by atoms with Crippen LogP contribution in [0, 0.1) is 0 Å². The Labute approximate surface area is 124 Å². The second-order valence-corrected chi connectivity index (χ2v) is 5.58. The Morgan fingerprint density at radius 2 is 1.86 bits per heavy atom. The van der Waals surface area contributed by atoms with Gasteiger partial charge < -0.3 is 10.6 Å². The summed E-state index contributed by atoms with van der Waals surface area (Å²) in [4.78, 5) is 13.3. The van der Waals surface area contributed by atoms with Gasteiger partial charge in [0, 0.05) is 12.1 Å². The second kappa shape index (κ2) is 8.58. The highest BCUT2D eigenvalue weighted by atomic mass is 19.4. The van der Waals surface area contributed by atoms with Crippen LogP contribution in [0.3, 0.4) is 0 Å². The van der Waals surface area contributed by atoms with Crippen LogP contribution in [-0.2, 0) is 4.79 Å². The minimum absolute atomic E-state index is 0.0401. The second-order valence-electron chi connectivity index (χ2n) is 5.58. The van der Waals surface area contributed by atoms with Crippen LogP contribution in [0.4, 0.5) is 13.2 Å². The zero-order chi connectivity index (χ0) is 15.9. The average molecular weight is 309 g/mol. The van der Waals surface area contributed by atoms with Gasteiger partial charge in [-0.2, -0.15) is 13.2 Å². The maximum Gasteiger partial charge on any atom is 0.401 e. The van der Waals surface area contributed by atoms with Crippen LogP contribution in [0.1, 0.15) is 39.5 Å². The molecule has 0 aromatic carbocycles. The molecule has 0 bridgehead atoms. The summed E-state index contributed by atoms with van der Waals surface area (Å²) in [5, 5.41) is 5.94. The van der Waals surface area contributed by atoms with Crippen molar-refractivity contribution in [3.8, 4) is 0 Å². The standard InChI is InChI=1S/C14H26F3N3O/c1-3-11(4-2)19-13(21)9-20(10-14(15,16)17)12-5-7-18-8-6-12/h11-12,18H,3-10H2,1-2H3,(H,19,21). The van der Waals surface area contributed by atoms with E-state index < -0.39 is 12.7 Å². The summed E-state index contributed by atoms with van der Waals surface area (Å²) in [7, 11) is 0. The Morgan fingerprint density at radius 3 is 2.33 bits per heavy atom. The number of hydrogen-bond acceptors (Lipinski definition) is 3. The lowest BCUT2D eigenvalue weighted by atomic mass is 10.0. The Balaban J connectivity index is 2.60. The molecule has 0 spiro atoms. The van der Waals surface area contributed by atoms with Gasteiger partial charge in [-0.25, -0.2) is 0 Å². The van der Waals surface area contributed by atoms with Gasteiger partial charge in [0.2, 0.25) is 5.91 Å². The Bertz CT molecular complexity index is 313. The van der Waals surface area contributed by atoms with Crippen molar-refractivity contribution >= 4 is 5.91 Å². The van der Waals surface area contributed by atoms with Crippen LogP contribution in [-0.4, -0.2) is 55.2 Å². The molecular weight excluding hydrogens is 283 g/mol. The van der Waals surface area contributed by atoms with Gasteiger partial charge in [0.25, 0.3) is 0 Å². The van der Waals surface area contributed by atoms with Crippen LogP contribution in [0.15, 0.2) is 0 Å². The summed E-state index contributed by atoms with van der Waals surface area (Å²) < 4.78 is 38.2. The molecule has 1 aliphatic rings. The molecule has 0 atom stereocenters. The number of hydrogen-bond donors (Lipinski definition) is 2. The Kier molecular flexibility index (Phi) is 7.45. The first kappa shape index (κ1) is 18.2. The van der Waals surface area contributed by atoms with Gasteiger partial charge in [0.05, 0.1) is 13.1 Å². The van der Waals surface area contributed by atoms with E-state index in [1.54, 1.807) is 0 Å². The van der Waals surface area contributed by atoms with Crippen LogP contribution in [0.2, 0.25) is 0 Å². The van der Waals surface area contributed by atoms with Crippen molar-refractivity contribution in [1.29, 1.82) is 0 Å². The van der Waals surface area contributed by atoms with E-state index in [4.69, 9.17) is 0 Å². The molecule has 4 nitrogen and oxygen atoms in total. The maximum absolute atomic E-state index is 12.7. The fourth-order valence-corrected chi connectivity index (χ4v) is 2.67. The first-order valence-corrected chi connectivity index (χ1v) is 7.66. The first-order valence-electron chi connectivity index (χ1n) is 7.66. The van der Waals surface area contributed by atoms with Gasteiger partial charge in [0.15, 0.2) is 0 Å². The monoisotopic (exact) mass is 309 g/mol. The molecule has 1 saturated heterocycles. The van der Waals surface area contributed by atoms with Crippen molar-refractivity contribution in [3.63, 3.8) is 0 Å². The van der Waals surface area contributed by atoms with Crippen LogP contribution in [0.5, 0.6) is 0 Å². The normalized spacial score (nSPS) is 17.5. The number of nitrogens with one attached hydrogen (secondary N) is 2. The molecular formula is C14H26F3N3O. The number of carbonyl (C=O) groups excluding carboxylic acids is 1. The van der Waals surface area contributed by atoms with E-state index in [2.05, 4.69) is 10.6 Å². The molecule has 1 heterocycles. The third kappa shape index (κ3) is 7.13. The van der Waals surface area contributed by atoms with E-state index in [1.165, 1.54) is 4.90 Å². The molecule has 0 saturated carbocycles. The van der Waals surface area contributed by atoms with Gasteiger partial charge in [-0.05, 0) is 38.8 Å². The summed E-state index contributed by atoms with van der Waals surface area (Å²) in [5.41, 5.74) is 0. The van der Waals surface area contributed by atoms with E-state index in [0.717, 1.165) is 12.8 Å². The lowest BCUT2D eigenvalue weighted by Gasteiger charge is -2.34. The number of rotatable bonds is 7. The van der Waals surface area contributed by atoms with Crippen molar-refractivity contribution < 1.29 is 18.0 Å². The molecule has 0 unspecified atom stereocenters. The lowest BCUT2D eigenvalue weighted by molar-refractivity contribution is -0.154. The first-order chi connectivity index (χ1) is 9.85. The highest BCUT2D eigenvalue weighted by Crippen LogP contribution is 2.21. The van der Waals surface area contributed by atoms with E-state index in [1.807, 2.05) is 13.8 Å². The number of halogens is 3. The van der Waals surface area contributed by atoms with E-state index in [-0.39, 0.29) is 24.5 Å². The van der Waals surface area contributed by atoms with Crippen LogP contribution >= 0.6 is 0 Å². The molecule has 7 heteroatoms. The smallest absolute Gasteiger partial charge is 0.352 e.